The highest BCUT2D eigenvalue weighted by molar-refractivity contribution is 7.99. The summed E-state index contributed by atoms with van der Waals surface area (Å²) in [5, 5.41) is 9.84. The largest absolute Gasteiger partial charge is 0.399 e. The summed E-state index contributed by atoms with van der Waals surface area (Å²) < 4.78 is 2.37. The maximum Gasteiger partial charge on any atom is 0.196 e. The average molecular weight is 272 g/mol. The van der Waals surface area contributed by atoms with Gasteiger partial charge in [-0.2, -0.15) is 0 Å². The molecule has 0 unspecified atom stereocenters. The van der Waals surface area contributed by atoms with Gasteiger partial charge in [-0.05, 0) is 55.6 Å². The van der Waals surface area contributed by atoms with E-state index in [-0.39, 0.29) is 0 Å². The smallest absolute Gasteiger partial charge is 0.196 e. The van der Waals surface area contributed by atoms with Crippen molar-refractivity contribution in [1.29, 1.82) is 0 Å². The minimum absolute atomic E-state index is 0.633. The predicted octanol–water partition coefficient (Wildman–Crippen LogP) is 3.22. The standard InChI is InChI=1S/C14H16N4S/c15-10-2-1-3-12(8-10)19-14-17-16-13(9-4-5-9)18(14)11-6-7-11/h1-3,8-9,11H,4-7,15H2. The summed E-state index contributed by atoms with van der Waals surface area (Å²) in [6.07, 6.45) is 5.08. The molecule has 0 spiro atoms. The summed E-state index contributed by atoms with van der Waals surface area (Å²) in [6, 6.07) is 8.59. The van der Waals surface area contributed by atoms with Crippen molar-refractivity contribution in [3.8, 4) is 0 Å². The fourth-order valence-electron chi connectivity index (χ4n) is 2.34. The van der Waals surface area contributed by atoms with Gasteiger partial charge in [0.2, 0.25) is 0 Å². The first-order valence-corrected chi connectivity index (χ1v) is 7.61. The molecular formula is C14H16N4S. The van der Waals surface area contributed by atoms with E-state index in [4.69, 9.17) is 5.73 Å². The SMILES string of the molecule is Nc1cccc(Sc2nnc(C3CC3)n2C2CC2)c1. The fraction of sp³-hybridized carbons (Fsp3) is 0.429. The second kappa shape index (κ2) is 4.27. The highest BCUT2D eigenvalue weighted by atomic mass is 32.2. The molecule has 1 aromatic carbocycles. The Hall–Kier alpha value is -1.49. The second-order valence-electron chi connectivity index (χ2n) is 5.39. The van der Waals surface area contributed by atoms with Crippen LogP contribution in [0.15, 0.2) is 34.3 Å². The Kier molecular flexibility index (Phi) is 2.55. The Morgan fingerprint density at radius 3 is 2.68 bits per heavy atom. The number of hydrogen-bond acceptors (Lipinski definition) is 4. The predicted molar refractivity (Wildman–Crippen MR) is 75.2 cm³/mol. The molecule has 0 saturated heterocycles. The van der Waals surface area contributed by atoms with Gasteiger partial charge in [-0.3, -0.25) is 0 Å². The number of nitrogens with zero attached hydrogens (tertiary/aromatic N) is 3. The van der Waals surface area contributed by atoms with Crippen LogP contribution in [0.3, 0.4) is 0 Å². The number of nitrogens with two attached hydrogens (primary N) is 1. The molecule has 2 aromatic rings. The van der Waals surface area contributed by atoms with Crippen molar-refractivity contribution < 1.29 is 0 Å². The molecule has 0 aliphatic heterocycles. The zero-order valence-corrected chi connectivity index (χ0v) is 11.4. The van der Waals surface area contributed by atoms with Gasteiger partial charge in [0.05, 0.1) is 0 Å². The van der Waals surface area contributed by atoms with Crippen LogP contribution in [0.4, 0.5) is 5.69 Å². The third-order valence-corrected chi connectivity index (χ3v) is 4.56. The monoisotopic (exact) mass is 272 g/mol. The van der Waals surface area contributed by atoms with E-state index in [1.54, 1.807) is 11.8 Å². The second-order valence-corrected chi connectivity index (χ2v) is 6.43. The first-order valence-electron chi connectivity index (χ1n) is 6.79. The van der Waals surface area contributed by atoms with E-state index < -0.39 is 0 Å². The quantitative estimate of drug-likeness (QED) is 0.868. The lowest BCUT2D eigenvalue weighted by Crippen LogP contribution is -2.01. The zero-order valence-electron chi connectivity index (χ0n) is 10.6. The molecule has 2 fully saturated rings. The molecule has 19 heavy (non-hydrogen) atoms. The molecule has 2 aliphatic rings. The summed E-state index contributed by atoms with van der Waals surface area (Å²) in [7, 11) is 0. The molecule has 1 aromatic heterocycles. The van der Waals surface area contributed by atoms with E-state index in [9.17, 15) is 0 Å². The lowest BCUT2D eigenvalue weighted by Gasteiger charge is -2.08. The minimum Gasteiger partial charge on any atom is -0.399 e. The van der Waals surface area contributed by atoms with Crippen molar-refractivity contribution in [2.24, 2.45) is 0 Å². The molecule has 2 aliphatic carbocycles. The fourth-order valence-corrected chi connectivity index (χ4v) is 3.31. The van der Waals surface area contributed by atoms with Crippen LogP contribution in [0, 0.1) is 0 Å². The highest BCUT2D eigenvalue weighted by Crippen LogP contribution is 2.46. The number of hydrogen-bond donors (Lipinski definition) is 1. The summed E-state index contributed by atoms with van der Waals surface area (Å²) in [5.41, 5.74) is 6.63. The van der Waals surface area contributed by atoms with E-state index in [1.807, 2.05) is 18.2 Å². The molecule has 0 radical (unpaired) electrons. The Morgan fingerprint density at radius 1 is 1.16 bits per heavy atom. The zero-order chi connectivity index (χ0) is 12.8. The summed E-state index contributed by atoms with van der Waals surface area (Å²) in [6.45, 7) is 0. The molecule has 2 N–H and O–H groups in total. The van der Waals surface area contributed by atoms with Crippen molar-refractivity contribution in [2.75, 3.05) is 5.73 Å². The summed E-state index contributed by atoms with van der Waals surface area (Å²) in [5.74, 6) is 1.86. The van der Waals surface area contributed by atoms with Gasteiger partial charge in [0.1, 0.15) is 5.82 Å². The van der Waals surface area contributed by atoms with E-state index in [2.05, 4.69) is 20.8 Å². The van der Waals surface area contributed by atoms with Crippen molar-refractivity contribution >= 4 is 17.4 Å². The van der Waals surface area contributed by atoms with Gasteiger partial charge in [0.15, 0.2) is 5.16 Å². The minimum atomic E-state index is 0.633. The lowest BCUT2D eigenvalue weighted by atomic mass is 10.3. The molecule has 5 heteroatoms. The van der Waals surface area contributed by atoms with Crippen molar-refractivity contribution in [3.63, 3.8) is 0 Å². The number of rotatable bonds is 4. The molecule has 98 valence electrons. The molecule has 4 rings (SSSR count). The number of benzene rings is 1. The average Bonchev–Trinajstić information content (AvgIpc) is 3.30. The van der Waals surface area contributed by atoms with Gasteiger partial charge >= 0.3 is 0 Å². The summed E-state index contributed by atoms with van der Waals surface area (Å²) >= 11 is 1.67. The van der Waals surface area contributed by atoms with E-state index in [0.717, 1.165) is 15.7 Å². The van der Waals surface area contributed by atoms with Crippen molar-refractivity contribution in [3.05, 3.63) is 30.1 Å². The van der Waals surface area contributed by atoms with Gasteiger partial charge in [-0.1, -0.05) is 6.07 Å². The highest BCUT2D eigenvalue weighted by Gasteiger charge is 2.36. The molecule has 1 heterocycles. The Morgan fingerprint density at radius 2 is 2.00 bits per heavy atom. The van der Waals surface area contributed by atoms with Gasteiger partial charge in [-0.25, -0.2) is 0 Å². The first-order chi connectivity index (χ1) is 9.31. The van der Waals surface area contributed by atoms with Gasteiger partial charge in [0.25, 0.3) is 0 Å². The molecule has 4 nitrogen and oxygen atoms in total. The lowest BCUT2D eigenvalue weighted by molar-refractivity contribution is 0.627. The third-order valence-electron chi connectivity index (χ3n) is 3.61. The molecule has 0 atom stereocenters. The van der Waals surface area contributed by atoms with E-state index in [0.29, 0.717) is 12.0 Å². The van der Waals surface area contributed by atoms with Crippen LogP contribution in [0.2, 0.25) is 0 Å². The number of aromatic nitrogens is 3. The molecule has 0 amide bonds. The van der Waals surface area contributed by atoms with Crippen LogP contribution in [0.5, 0.6) is 0 Å². The summed E-state index contributed by atoms with van der Waals surface area (Å²) in [4.78, 5) is 1.14. The molecule has 2 saturated carbocycles. The van der Waals surface area contributed by atoms with Crippen molar-refractivity contribution in [1.82, 2.24) is 14.8 Å². The molecular weight excluding hydrogens is 256 g/mol. The van der Waals surface area contributed by atoms with E-state index >= 15 is 0 Å². The number of nitrogen functional groups attached to an aromatic ring is 1. The van der Waals surface area contributed by atoms with Gasteiger partial charge in [-0.15, -0.1) is 10.2 Å². The first kappa shape index (κ1) is 11.3. The van der Waals surface area contributed by atoms with Crippen LogP contribution in [-0.2, 0) is 0 Å². The Balaban J connectivity index is 1.67. The maximum atomic E-state index is 5.83. The topological polar surface area (TPSA) is 56.7 Å². The van der Waals surface area contributed by atoms with E-state index in [1.165, 1.54) is 31.5 Å². The van der Waals surface area contributed by atoms with Crippen molar-refractivity contribution in [2.45, 2.75) is 47.7 Å². The maximum absolute atomic E-state index is 5.83. The van der Waals surface area contributed by atoms with Crippen LogP contribution < -0.4 is 5.73 Å². The number of anilines is 1. The third kappa shape index (κ3) is 2.23. The van der Waals surface area contributed by atoms with Gasteiger partial charge < -0.3 is 10.3 Å². The van der Waals surface area contributed by atoms with Crippen LogP contribution >= 0.6 is 11.8 Å². The Labute approximate surface area is 116 Å². The van der Waals surface area contributed by atoms with Gasteiger partial charge in [0, 0.05) is 22.5 Å². The van der Waals surface area contributed by atoms with Crippen LogP contribution in [0.1, 0.15) is 43.5 Å². The normalized spacial score (nSPS) is 18.7. The van der Waals surface area contributed by atoms with Crippen LogP contribution in [-0.4, -0.2) is 14.8 Å². The Bertz CT molecular complexity index is 614. The molecule has 0 bridgehead atoms. The van der Waals surface area contributed by atoms with Crippen LogP contribution in [0.25, 0.3) is 0 Å².